The molecule has 4 heteroatoms. The molecule has 1 saturated carbocycles. The molecule has 4 nitrogen and oxygen atoms in total. The molecular formula is C17H24N2O2. The molecule has 1 saturated heterocycles. The van der Waals surface area contributed by atoms with Crippen molar-refractivity contribution in [1.82, 2.24) is 10.2 Å². The number of methoxy groups -OCH3 is 1. The fourth-order valence-electron chi connectivity index (χ4n) is 2.94. The summed E-state index contributed by atoms with van der Waals surface area (Å²) in [5.41, 5.74) is 2.37. The summed E-state index contributed by atoms with van der Waals surface area (Å²) in [5.74, 6) is 1.59. The fourth-order valence-corrected chi connectivity index (χ4v) is 2.94. The van der Waals surface area contributed by atoms with E-state index in [-0.39, 0.29) is 5.91 Å². The van der Waals surface area contributed by atoms with Gasteiger partial charge in [-0.25, -0.2) is 0 Å². The average molecular weight is 288 g/mol. The molecule has 1 aromatic carbocycles. The van der Waals surface area contributed by atoms with Gasteiger partial charge in [-0.1, -0.05) is 13.0 Å². The van der Waals surface area contributed by atoms with Gasteiger partial charge in [0, 0.05) is 37.7 Å². The molecule has 1 N–H and O–H groups in total. The van der Waals surface area contributed by atoms with Gasteiger partial charge in [0.15, 0.2) is 0 Å². The summed E-state index contributed by atoms with van der Waals surface area (Å²) in [4.78, 5) is 13.9. The highest BCUT2D eigenvalue weighted by atomic mass is 16.5. The molecule has 3 rings (SSSR count). The van der Waals surface area contributed by atoms with Gasteiger partial charge in [-0.2, -0.15) is 0 Å². The minimum atomic E-state index is 0.256. The molecule has 1 heterocycles. The largest absolute Gasteiger partial charge is 0.496 e. The Labute approximate surface area is 126 Å². The summed E-state index contributed by atoms with van der Waals surface area (Å²) >= 11 is 0. The van der Waals surface area contributed by atoms with Gasteiger partial charge >= 0.3 is 0 Å². The maximum absolute atomic E-state index is 12.0. The lowest BCUT2D eigenvalue weighted by molar-refractivity contribution is -0.128. The normalized spacial score (nSPS) is 21.9. The molecule has 114 valence electrons. The lowest BCUT2D eigenvalue weighted by Crippen LogP contribution is -2.25. The minimum Gasteiger partial charge on any atom is -0.496 e. The van der Waals surface area contributed by atoms with Gasteiger partial charge in [-0.3, -0.25) is 4.79 Å². The van der Waals surface area contributed by atoms with Crippen LogP contribution < -0.4 is 10.1 Å². The van der Waals surface area contributed by atoms with Gasteiger partial charge in [0.05, 0.1) is 7.11 Å². The van der Waals surface area contributed by atoms with Crippen molar-refractivity contribution in [1.29, 1.82) is 0 Å². The zero-order valence-electron chi connectivity index (χ0n) is 12.9. The lowest BCUT2D eigenvalue weighted by atomic mass is 10.1. The van der Waals surface area contributed by atoms with Crippen LogP contribution in [-0.4, -0.2) is 30.5 Å². The minimum absolute atomic E-state index is 0.256. The first-order valence-corrected chi connectivity index (χ1v) is 7.82. The second kappa shape index (κ2) is 6.06. The molecule has 0 bridgehead atoms. The Bertz CT molecular complexity index is 526. The number of amides is 1. The molecule has 0 spiro atoms. The first kappa shape index (κ1) is 14.4. The number of carbonyl (C=O) groups is 1. The standard InChI is InChI=1S/C17H24N2O2/c1-12-7-17(20)19(10-12)11-14-8-13(3-6-16(14)21-2)9-18-15-4-5-15/h3,6,8,12,15,18H,4-5,7,9-11H2,1-2H3. The molecule has 0 aromatic heterocycles. The maximum atomic E-state index is 12.0. The molecule has 1 amide bonds. The Hall–Kier alpha value is -1.55. The number of nitrogens with zero attached hydrogens (tertiary/aromatic N) is 1. The van der Waals surface area contributed by atoms with Crippen LogP contribution in [0.15, 0.2) is 18.2 Å². The highest BCUT2D eigenvalue weighted by Gasteiger charge is 2.27. The molecule has 1 aliphatic carbocycles. The number of rotatable bonds is 6. The first-order valence-electron chi connectivity index (χ1n) is 7.82. The predicted octanol–water partition coefficient (Wildman–Crippen LogP) is 2.32. The van der Waals surface area contributed by atoms with E-state index >= 15 is 0 Å². The summed E-state index contributed by atoms with van der Waals surface area (Å²) in [6.45, 7) is 4.53. The fraction of sp³-hybridized carbons (Fsp3) is 0.588. The van der Waals surface area contributed by atoms with Crippen LogP contribution in [0.25, 0.3) is 0 Å². The van der Waals surface area contributed by atoms with E-state index in [1.54, 1.807) is 7.11 Å². The third kappa shape index (κ3) is 3.56. The van der Waals surface area contributed by atoms with E-state index in [0.29, 0.717) is 24.9 Å². The van der Waals surface area contributed by atoms with Crippen LogP contribution in [0.2, 0.25) is 0 Å². The lowest BCUT2D eigenvalue weighted by Gasteiger charge is -2.19. The Kier molecular flexibility index (Phi) is 4.15. The molecule has 1 atom stereocenters. The Morgan fingerprint density at radius 3 is 2.81 bits per heavy atom. The Morgan fingerprint density at radius 2 is 2.19 bits per heavy atom. The highest BCUT2D eigenvalue weighted by molar-refractivity contribution is 5.78. The number of likely N-dealkylation sites (tertiary alicyclic amines) is 1. The van der Waals surface area contributed by atoms with E-state index in [1.807, 2.05) is 11.0 Å². The van der Waals surface area contributed by atoms with Crippen LogP contribution in [0.5, 0.6) is 5.75 Å². The smallest absolute Gasteiger partial charge is 0.223 e. The zero-order valence-corrected chi connectivity index (χ0v) is 12.9. The van der Waals surface area contributed by atoms with Crippen molar-refractivity contribution in [2.24, 2.45) is 5.92 Å². The Balaban J connectivity index is 1.71. The molecule has 21 heavy (non-hydrogen) atoms. The first-order chi connectivity index (χ1) is 10.2. The van der Waals surface area contributed by atoms with Gasteiger partial charge in [-0.05, 0) is 36.5 Å². The van der Waals surface area contributed by atoms with E-state index in [4.69, 9.17) is 4.74 Å². The molecule has 1 unspecified atom stereocenters. The monoisotopic (exact) mass is 288 g/mol. The van der Waals surface area contributed by atoms with Crippen LogP contribution in [0, 0.1) is 5.92 Å². The van der Waals surface area contributed by atoms with Crippen LogP contribution >= 0.6 is 0 Å². The number of benzene rings is 1. The van der Waals surface area contributed by atoms with Crippen molar-refractivity contribution in [3.63, 3.8) is 0 Å². The third-order valence-electron chi connectivity index (χ3n) is 4.29. The highest BCUT2D eigenvalue weighted by Crippen LogP contribution is 2.26. The number of carbonyl (C=O) groups excluding carboxylic acids is 1. The average Bonchev–Trinajstić information content (AvgIpc) is 3.23. The van der Waals surface area contributed by atoms with Crippen LogP contribution in [0.4, 0.5) is 0 Å². The third-order valence-corrected chi connectivity index (χ3v) is 4.29. The number of hydrogen-bond acceptors (Lipinski definition) is 3. The molecule has 2 aliphatic rings. The topological polar surface area (TPSA) is 41.6 Å². The summed E-state index contributed by atoms with van der Waals surface area (Å²) < 4.78 is 5.45. The number of ether oxygens (including phenoxy) is 1. The van der Waals surface area contributed by atoms with Crippen molar-refractivity contribution < 1.29 is 9.53 Å². The summed E-state index contributed by atoms with van der Waals surface area (Å²) in [6, 6.07) is 7.00. The van der Waals surface area contributed by atoms with E-state index in [2.05, 4.69) is 24.4 Å². The van der Waals surface area contributed by atoms with Crippen LogP contribution in [0.3, 0.4) is 0 Å². The molecule has 2 fully saturated rings. The SMILES string of the molecule is COc1ccc(CNC2CC2)cc1CN1CC(C)CC1=O. The van der Waals surface area contributed by atoms with E-state index < -0.39 is 0 Å². The second-order valence-corrected chi connectivity index (χ2v) is 6.38. The molecule has 0 radical (unpaired) electrons. The van der Waals surface area contributed by atoms with E-state index in [0.717, 1.165) is 24.4 Å². The summed E-state index contributed by atoms with van der Waals surface area (Å²) in [6.07, 6.45) is 3.26. The van der Waals surface area contributed by atoms with Crippen molar-refractivity contribution >= 4 is 5.91 Å². The zero-order chi connectivity index (χ0) is 14.8. The van der Waals surface area contributed by atoms with Crippen molar-refractivity contribution in [2.75, 3.05) is 13.7 Å². The molecule has 1 aromatic rings. The van der Waals surface area contributed by atoms with Crippen LogP contribution in [0.1, 0.15) is 37.3 Å². The number of nitrogens with one attached hydrogen (secondary N) is 1. The summed E-state index contributed by atoms with van der Waals surface area (Å²) in [7, 11) is 1.69. The van der Waals surface area contributed by atoms with Crippen molar-refractivity contribution in [2.45, 2.75) is 45.3 Å². The van der Waals surface area contributed by atoms with Crippen molar-refractivity contribution in [3.05, 3.63) is 29.3 Å². The van der Waals surface area contributed by atoms with E-state index in [1.165, 1.54) is 18.4 Å². The second-order valence-electron chi connectivity index (χ2n) is 6.38. The molecule has 1 aliphatic heterocycles. The van der Waals surface area contributed by atoms with Gasteiger partial charge in [-0.15, -0.1) is 0 Å². The van der Waals surface area contributed by atoms with Gasteiger partial charge in [0.2, 0.25) is 5.91 Å². The van der Waals surface area contributed by atoms with Crippen LogP contribution in [-0.2, 0) is 17.9 Å². The summed E-state index contributed by atoms with van der Waals surface area (Å²) in [5, 5.41) is 3.53. The van der Waals surface area contributed by atoms with Gasteiger partial charge in [0.1, 0.15) is 5.75 Å². The maximum Gasteiger partial charge on any atom is 0.223 e. The van der Waals surface area contributed by atoms with E-state index in [9.17, 15) is 4.79 Å². The van der Waals surface area contributed by atoms with Crippen molar-refractivity contribution in [3.8, 4) is 5.75 Å². The van der Waals surface area contributed by atoms with Gasteiger partial charge in [0.25, 0.3) is 0 Å². The number of hydrogen-bond donors (Lipinski definition) is 1. The van der Waals surface area contributed by atoms with Gasteiger partial charge < -0.3 is 15.0 Å². The predicted molar refractivity (Wildman–Crippen MR) is 82.1 cm³/mol. The molecular weight excluding hydrogens is 264 g/mol. The Morgan fingerprint density at radius 1 is 1.38 bits per heavy atom. The quantitative estimate of drug-likeness (QED) is 0.873.